The van der Waals surface area contributed by atoms with Crippen LogP contribution in [-0.2, 0) is 6.54 Å². The van der Waals surface area contributed by atoms with Gasteiger partial charge in [0, 0.05) is 19.2 Å². The lowest BCUT2D eigenvalue weighted by molar-refractivity contribution is 0.0785. The summed E-state index contributed by atoms with van der Waals surface area (Å²) < 4.78 is 31.2. The normalized spacial score (nSPS) is 12.4. The molecule has 1 aromatic heterocycles. The van der Waals surface area contributed by atoms with Gasteiger partial charge in [-0.05, 0) is 42.0 Å². The van der Waals surface area contributed by atoms with Gasteiger partial charge in [-0.25, -0.2) is 9.37 Å². The average Bonchev–Trinajstić information content (AvgIpc) is 3.33. The van der Waals surface area contributed by atoms with Crippen LogP contribution in [0.1, 0.15) is 15.9 Å². The minimum atomic E-state index is -0.399. The third-order valence-corrected chi connectivity index (χ3v) is 5.41. The number of hydrogen-bond acceptors (Lipinski definition) is 5. The Kier molecular flexibility index (Phi) is 5.52. The second kappa shape index (κ2) is 8.78. The molecule has 166 valence electrons. The number of nitrogens with zero attached hydrogens (tertiary/aromatic N) is 2. The lowest BCUT2D eigenvalue weighted by Crippen LogP contribution is -2.27. The van der Waals surface area contributed by atoms with Crippen molar-refractivity contribution < 1.29 is 23.1 Å². The van der Waals surface area contributed by atoms with Crippen LogP contribution in [0.15, 0.2) is 77.3 Å². The number of halogens is 1. The molecule has 4 aromatic rings. The summed E-state index contributed by atoms with van der Waals surface area (Å²) in [6.45, 7) is 1.42. The molecule has 0 bridgehead atoms. The Labute approximate surface area is 190 Å². The first kappa shape index (κ1) is 20.8. The first-order valence-corrected chi connectivity index (χ1v) is 10.5. The molecule has 0 spiro atoms. The molecular formula is C26H21FN2O4. The Morgan fingerprint density at radius 1 is 0.970 bits per heavy atom. The smallest absolute Gasteiger partial charge is 0.254 e. The number of hydrogen-bond donors (Lipinski definition) is 0. The molecular weight excluding hydrogens is 423 g/mol. The molecule has 0 saturated carbocycles. The quantitative estimate of drug-likeness (QED) is 0.424. The molecule has 2 heterocycles. The fourth-order valence-electron chi connectivity index (χ4n) is 3.78. The van der Waals surface area contributed by atoms with Gasteiger partial charge >= 0.3 is 0 Å². The highest BCUT2D eigenvalue weighted by Crippen LogP contribution is 2.32. The second-order valence-electron chi connectivity index (χ2n) is 7.69. The molecule has 3 aromatic carbocycles. The van der Waals surface area contributed by atoms with E-state index in [9.17, 15) is 9.18 Å². The molecule has 0 aliphatic carbocycles. The van der Waals surface area contributed by atoms with Gasteiger partial charge in [0.1, 0.15) is 19.0 Å². The van der Waals surface area contributed by atoms with Crippen LogP contribution in [-0.4, -0.2) is 36.1 Å². The number of amides is 1. The van der Waals surface area contributed by atoms with Crippen molar-refractivity contribution in [2.75, 3.05) is 20.3 Å². The lowest BCUT2D eigenvalue weighted by atomic mass is 10.1. The molecule has 33 heavy (non-hydrogen) atoms. The highest BCUT2D eigenvalue weighted by Gasteiger charge is 2.21. The molecule has 7 heteroatoms. The maximum absolute atomic E-state index is 14.1. The van der Waals surface area contributed by atoms with Gasteiger partial charge in [-0.2, -0.15) is 0 Å². The molecule has 0 N–H and O–H groups in total. The van der Waals surface area contributed by atoms with Gasteiger partial charge in [0.05, 0.1) is 17.3 Å². The average molecular weight is 444 g/mol. The molecule has 1 aliphatic rings. The monoisotopic (exact) mass is 444 g/mol. The minimum Gasteiger partial charge on any atom is -0.486 e. The van der Waals surface area contributed by atoms with Gasteiger partial charge < -0.3 is 18.8 Å². The van der Waals surface area contributed by atoms with E-state index in [-0.39, 0.29) is 11.8 Å². The van der Waals surface area contributed by atoms with E-state index in [2.05, 4.69) is 4.98 Å². The predicted octanol–water partition coefficient (Wildman–Crippen LogP) is 5.19. The lowest BCUT2D eigenvalue weighted by Gasteiger charge is -2.21. The van der Waals surface area contributed by atoms with E-state index >= 15 is 0 Å². The van der Waals surface area contributed by atoms with E-state index in [4.69, 9.17) is 13.9 Å². The molecule has 0 saturated heterocycles. The number of oxazole rings is 1. The molecule has 0 unspecified atom stereocenters. The first-order valence-electron chi connectivity index (χ1n) is 10.5. The van der Waals surface area contributed by atoms with Crippen LogP contribution in [0.3, 0.4) is 0 Å². The number of aromatic nitrogens is 1. The van der Waals surface area contributed by atoms with Crippen molar-refractivity contribution in [3.05, 3.63) is 89.9 Å². The Hall–Kier alpha value is -4.13. The highest BCUT2D eigenvalue weighted by molar-refractivity contribution is 5.99. The largest absolute Gasteiger partial charge is 0.486 e. The summed E-state index contributed by atoms with van der Waals surface area (Å²) in [5.41, 5.74) is 2.22. The van der Waals surface area contributed by atoms with E-state index in [1.807, 2.05) is 18.2 Å². The molecule has 0 radical (unpaired) electrons. The van der Waals surface area contributed by atoms with Crippen molar-refractivity contribution >= 4 is 5.91 Å². The third-order valence-electron chi connectivity index (χ3n) is 5.41. The first-order chi connectivity index (χ1) is 16.1. The summed E-state index contributed by atoms with van der Waals surface area (Å²) in [5.74, 6) is 1.36. The maximum Gasteiger partial charge on any atom is 0.254 e. The topological polar surface area (TPSA) is 64.8 Å². The summed E-state index contributed by atoms with van der Waals surface area (Å²) in [6, 6.07) is 19.1. The molecule has 0 fully saturated rings. The van der Waals surface area contributed by atoms with Crippen LogP contribution in [0.4, 0.5) is 4.39 Å². The zero-order chi connectivity index (χ0) is 22.8. The second-order valence-corrected chi connectivity index (χ2v) is 7.69. The highest BCUT2D eigenvalue weighted by atomic mass is 19.1. The number of ether oxygens (including phenoxy) is 2. The van der Waals surface area contributed by atoms with Crippen molar-refractivity contribution in [3.8, 4) is 34.3 Å². The van der Waals surface area contributed by atoms with Gasteiger partial charge in [-0.1, -0.05) is 30.3 Å². The fourth-order valence-corrected chi connectivity index (χ4v) is 3.78. The number of carbonyl (C=O) groups excluding carboxylic acids is 1. The molecule has 1 aliphatic heterocycles. The molecule has 6 nitrogen and oxygen atoms in total. The third kappa shape index (κ3) is 4.17. The summed E-state index contributed by atoms with van der Waals surface area (Å²) >= 11 is 0. The summed E-state index contributed by atoms with van der Waals surface area (Å²) in [4.78, 5) is 19.2. The van der Waals surface area contributed by atoms with Crippen LogP contribution < -0.4 is 9.47 Å². The number of rotatable bonds is 5. The standard InChI is InChI=1S/C26H21FN2O4/c1-29(16-17-10-11-22-23(14-17)32-13-12-31-22)26(30)19-7-3-2-6-18(19)25-28-15-24(33-25)20-8-4-5-9-21(20)27/h2-11,14-15H,12-13,16H2,1H3. The van der Waals surface area contributed by atoms with E-state index in [1.54, 1.807) is 54.4 Å². The van der Waals surface area contributed by atoms with Crippen LogP contribution >= 0.6 is 0 Å². The van der Waals surface area contributed by atoms with Crippen LogP contribution in [0, 0.1) is 5.82 Å². The van der Waals surface area contributed by atoms with E-state index in [0.29, 0.717) is 53.7 Å². The number of carbonyl (C=O) groups is 1. The summed E-state index contributed by atoms with van der Waals surface area (Å²) in [7, 11) is 1.73. The molecule has 5 rings (SSSR count). The summed E-state index contributed by atoms with van der Waals surface area (Å²) in [6.07, 6.45) is 1.47. The van der Waals surface area contributed by atoms with Crippen LogP contribution in [0.25, 0.3) is 22.8 Å². The van der Waals surface area contributed by atoms with Gasteiger partial charge in [0.25, 0.3) is 5.91 Å². The van der Waals surface area contributed by atoms with Gasteiger partial charge in [-0.15, -0.1) is 0 Å². The van der Waals surface area contributed by atoms with Crippen molar-refractivity contribution in [1.82, 2.24) is 9.88 Å². The minimum absolute atomic E-state index is 0.189. The van der Waals surface area contributed by atoms with Crippen LogP contribution in [0.2, 0.25) is 0 Å². The Balaban J connectivity index is 1.40. The van der Waals surface area contributed by atoms with Crippen molar-refractivity contribution in [1.29, 1.82) is 0 Å². The number of benzene rings is 3. The van der Waals surface area contributed by atoms with Crippen molar-refractivity contribution in [2.24, 2.45) is 0 Å². The fraction of sp³-hybridized carbons (Fsp3) is 0.154. The zero-order valence-electron chi connectivity index (χ0n) is 18.0. The Morgan fingerprint density at radius 3 is 2.52 bits per heavy atom. The maximum atomic E-state index is 14.1. The van der Waals surface area contributed by atoms with E-state index < -0.39 is 5.82 Å². The number of fused-ring (bicyclic) bond motifs is 1. The Morgan fingerprint density at radius 2 is 1.70 bits per heavy atom. The van der Waals surface area contributed by atoms with E-state index in [0.717, 1.165) is 5.56 Å². The van der Waals surface area contributed by atoms with Crippen molar-refractivity contribution in [2.45, 2.75) is 6.54 Å². The van der Waals surface area contributed by atoms with Crippen molar-refractivity contribution in [3.63, 3.8) is 0 Å². The van der Waals surface area contributed by atoms with E-state index in [1.165, 1.54) is 12.3 Å². The van der Waals surface area contributed by atoms with Crippen LogP contribution in [0.5, 0.6) is 11.5 Å². The molecule has 0 atom stereocenters. The Bertz CT molecular complexity index is 1320. The zero-order valence-corrected chi connectivity index (χ0v) is 18.0. The van der Waals surface area contributed by atoms with Gasteiger partial charge in [0.2, 0.25) is 5.89 Å². The molecule has 1 amide bonds. The van der Waals surface area contributed by atoms with Gasteiger partial charge in [0.15, 0.2) is 17.3 Å². The SMILES string of the molecule is CN(Cc1ccc2c(c1)OCCO2)C(=O)c1ccccc1-c1ncc(-c2ccccc2F)o1. The predicted molar refractivity (Wildman–Crippen MR) is 121 cm³/mol. The van der Waals surface area contributed by atoms with Gasteiger partial charge in [-0.3, -0.25) is 4.79 Å². The summed E-state index contributed by atoms with van der Waals surface area (Å²) in [5, 5.41) is 0.